The van der Waals surface area contributed by atoms with Crippen molar-refractivity contribution in [3.05, 3.63) is 76.9 Å². The molecule has 0 radical (unpaired) electrons. The van der Waals surface area contributed by atoms with Crippen LogP contribution in [0.3, 0.4) is 0 Å². The maximum Gasteiger partial charge on any atom is 0.122 e. The highest BCUT2D eigenvalue weighted by Gasteiger charge is 2.07. The van der Waals surface area contributed by atoms with Gasteiger partial charge in [-0.25, -0.2) is 0 Å². The van der Waals surface area contributed by atoms with E-state index in [1.807, 2.05) is 62.4 Å². The molecule has 0 aromatic heterocycles. The summed E-state index contributed by atoms with van der Waals surface area (Å²) < 4.78 is 0. The normalized spacial score (nSPS) is 10.8. The number of phenolic OH excluding ortho intramolecular Hbond substituents is 2. The van der Waals surface area contributed by atoms with Gasteiger partial charge in [0, 0.05) is 6.07 Å². The topological polar surface area (TPSA) is 40.5 Å². The molecule has 2 heteroatoms. The van der Waals surface area contributed by atoms with E-state index >= 15 is 0 Å². The lowest BCUT2D eigenvalue weighted by atomic mass is 10.0. The van der Waals surface area contributed by atoms with Gasteiger partial charge in [0.1, 0.15) is 11.5 Å². The van der Waals surface area contributed by atoms with Gasteiger partial charge in [0.2, 0.25) is 0 Å². The summed E-state index contributed by atoms with van der Waals surface area (Å²) in [5.41, 5.74) is 3.99. The van der Waals surface area contributed by atoms with Gasteiger partial charge < -0.3 is 10.2 Å². The van der Waals surface area contributed by atoms with Crippen LogP contribution in [0.4, 0.5) is 0 Å². The smallest absolute Gasteiger partial charge is 0.122 e. The molecular formula is C20H22O2. The molecule has 2 nitrogen and oxygen atoms in total. The van der Waals surface area contributed by atoms with Crippen molar-refractivity contribution in [1.29, 1.82) is 0 Å². The van der Waals surface area contributed by atoms with Crippen LogP contribution < -0.4 is 0 Å². The monoisotopic (exact) mass is 294 g/mol. The molecule has 0 fully saturated rings. The second-order valence-corrected chi connectivity index (χ2v) is 5.61. The van der Waals surface area contributed by atoms with Gasteiger partial charge in [-0.05, 0) is 49.4 Å². The highest BCUT2D eigenvalue weighted by atomic mass is 16.3. The molecule has 0 spiro atoms. The quantitative estimate of drug-likeness (QED) is 0.773. The Morgan fingerprint density at radius 3 is 2.18 bits per heavy atom. The molecule has 0 heterocycles. The van der Waals surface area contributed by atoms with Crippen molar-refractivity contribution in [3.63, 3.8) is 0 Å². The Morgan fingerprint density at radius 1 is 0.909 bits per heavy atom. The molecular weight excluding hydrogens is 272 g/mol. The predicted octanol–water partition coefficient (Wildman–Crippen LogP) is 4.86. The van der Waals surface area contributed by atoms with E-state index in [1.54, 1.807) is 0 Å². The summed E-state index contributed by atoms with van der Waals surface area (Å²) in [5.74, 6) is 0.280. The first-order valence-electron chi connectivity index (χ1n) is 7.45. The molecule has 2 N–H and O–H groups in total. The lowest BCUT2D eigenvalue weighted by Gasteiger charge is -2.08. The SMILES string of the molecule is CC(C)=CCc1cc(C/C=C/c2ccccc2)c(O)cc1O. The van der Waals surface area contributed by atoms with Crippen molar-refractivity contribution in [3.8, 4) is 11.5 Å². The summed E-state index contributed by atoms with van der Waals surface area (Å²) >= 11 is 0. The molecule has 22 heavy (non-hydrogen) atoms. The summed E-state index contributed by atoms with van der Waals surface area (Å²) in [6, 6.07) is 13.4. The Kier molecular flexibility index (Phi) is 5.42. The van der Waals surface area contributed by atoms with Crippen LogP contribution in [-0.4, -0.2) is 10.2 Å². The molecule has 2 aromatic rings. The van der Waals surface area contributed by atoms with Crippen molar-refractivity contribution in [2.24, 2.45) is 0 Å². The van der Waals surface area contributed by atoms with Crippen LogP contribution in [-0.2, 0) is 12.8 Å². The Morgan fingerprint density at radius 2 is 1.55 bits per heavy atom. The van der Waals surface area contributed by atoms with E-state index < -0.39 is 0 Å². The van der Waals surface area contributed by atoms with Crippen molar-refractivity contribution < 1.29 is 10.2 Å². The van der Waals surface area contributed by atoms with Gasteiger partial charge in [0.05, 0.1) is 0 Å². The first-order valence-corrected chi connectivity index (χ1v) is 7.45. The van der Waals surface area contributed by atoms with Crippen LogP contribution in [0.15, 0.2) is 60.2 Å². The van der Waals surface area contributed by atoms with Crippen molar-refractivity contribution >= 4 is 6.08 Å². The van der Waals surface area contributed by atoms with Gasteiger partial charge in [0.15, 0.2) is 0 Å². The number of rotatable bonds is 5. The van der Waals surface area contributed by atoms with Crippen LogP contribution in [0.2, 0.25) is 0 Å². The average Bonchev–Trinajstić information content (AvgIpc) is 2.49. The molecule has 0 saturated carbocycles. The zero-order chi connectivity index (χ0) is 15.9. The fraction of sp³-hybridized carbons (Fsp3) is 0.200. The van der Waals surface area contributed by atoms with Crippen LogP contribution in [0.5, 0.6) is 11.5 Å². The van der Waals surface area contributed by atoms with E-state index in [1.165, 1.54) is 11.6 Å². The number of hydrogen-bond donors (Lipinski definition) is 2. The molecule has 0 amide bonds. The summed E-state index contributed by atoms with van der Waals surface area (Å²) in [5, 5.41) is 19.9. The summed E-state index contributed by atoms with van der Waals surface area (Å²) in [7, 11) is 0. The second kappa shape index (κ2) is 7.51. The van der Waals surface area contributed by atoms with Crippen molar-refractivity contribution in [2.45, 2.75) is 26.7 Å². The lowest BCUT2D eigenvalue weighted by Crippen LogP contribution is -1.90. The first-order chi connectivity index (χ1) is 10.6. The maximum absolute atomic E-state index is 9.98. The Hall–Kier alpha value is -2.48. The molecule has 0 saturated heterocycles. The third kappa shape index (κ3) is 4.52. The molecule has 0 atom stereocenters. The number of aromatic hydroxyl groups is 2. The van der Waals surface area contributed by atoms with Crippen LogP contribution >= 0.6 is 0 Å². The molecule has 0 unspecified atom stereocenters. The maximum atomic E-state index is 9.98. The highest BCUT2D eigenvalue weighted by Crippen LogP contribution is 2.28. The molecule has 2 aromatic carbocycles. The standard InChI is InChI=1S/C20H22O2/c1-15(2)11-12-18-13-17(19(21)14-20(18)22)10-6-9-16-7-4-3-5-8-16/h3-9,11,13-14,21-22H,10,12H2,1-2H3/b9-6+. The zero-order valence-corrected chi connectivity index (χ0v) is 13.1. The number of phenols is 2. The van der Waals surface area contributed by atoms with Crippen molar-refractivity contribution in [1.82, 2.24) is 0 Å². The van der Waals surface area contributed by atoms with E-state index in [2.05, 4.69) is 6.08 Å². The average molecular weight is 294 g/mol. The first kappa shape index (κ1) is 15.9. The van der Waals surface area contributed by atoms with Gasteiger partial charge in [-0.2, -0.15) is 0 Å². The van der Waals surface area contributed by atoms with Gasteiger partial charge >= 0.3 is 0 Å². The lowest BCUT2D eigenvalue weighted by molar-refractivity contribution is 0.443. The van der Waals surface area contributed by atoms with E-state index in [9.17, 15) is 10.2 Å². The molecule has 2 rings (SSSR count). The third-order valence-corrected chi connectivity index (χ3v) is 3.46. The third-order valence-electron chi connectivity index (χ3n) is 3.46. The molecule has 114 valence electrons. The Bertz CT molecular complexity index is 678. The molecule has 0 bridgehead atoms. The fourth-order valence-electron chi connectivity index (χ4n) is 2.20. The van der Waals surface area contributed by atoms with E-state index in [4.69, 9.17) is 0 Å². The fourth-order valence-corrected chi connectivity index (χ4v) is 2.20. The van der Waals surface area contributed by atoms with E-state index in [0.717, 1.165) is 16.7 Å². The number of benzene rings is 2. The van der Waals surface area contributed by atoms with Crippen molar-refractivity contribution in [2.75, 3.05) is 0 Å². The summed E-state index contributed by atoms with van der Waals surface area (Å²) in [6.07, 6.45) is 7.41. The minimum Gasteiger partial charge on any atom is -0.508 e. The number of hydrogen-bond acceptors (Lipinski definition) is 2. The highest BCUT2D eigenvalue weighted by molar-refractivity contribution is 5.51. The minimum atomic E-state index is 0.135. The minimum absolute atomic E-state index is 0.135. The zero-order valence-electron chi connectivity index (χ0n) is 13.1. The van der Waals surface area contributed by atoms with Gasteiger partial charge in [-0.1, -0.05) is 54.1 Å². The molecule has 0 aliphatic rings. The van der Waals surface area contributed by atoms with Gasteiger partial charge in [0.25, 0.3) is 0 Å². The summed E-state index contributed by atoms with van der Waals surface area (Å²) in [4.78, 5) is 0. The van der Waals surface area contributed by atoms with Crippen LogP contribution in [0, 0.1) is 0 Å². The van der Waals surface area contributed by atoms with Crippen LogP contribution in [0.1, 0.15) is 30.5 Å². The Labute approximate surface area is 132 Å². The van der Waals surface area contributed by atoms with Crippen LogP contribution in [0.25, 0.3) is 6.08 Å². The van der Waals surface area contributed by atoms with E-state index in [0.29, 0.717) is 12.8 Å². The Balaban J connectivity index is 2.15. The predicted molar refractivity (Wildman–Crippen MR) is 92.1 cm³/mol. The summed E-state index contributed by atoms with van der Waals surface area (Å²) in [6.45, 7) is 4.06. The molecule has 0 aliphatic carbocycles. The number of allylic oxidation sites excluding steroid dienone is 3. The van der Waals surface area contributed by atoms with Gasteiger partial charge in [-0.15, -0.1) is 0 Å². The van der Waals surface area contributed by atoms with Gasteiger partial charge in [-0.3, -0.25) is 0 Å². The van der Waals surface area contributed by atoms with E-state index in [-0.39, 0.29) is 11.5 Å². The molecule has 0 aliphatic heterocycles. The largest absolute Gasteiger partial charge is 0.508 e. The second-order valence-electron chi connectivity index (χ2n) is 5.61.